The van der Waals surface area contributed by atoms with Gasteiger partial charge in [0.2, 0.25) is 5.91 Å². The van der Waals surface area contributed by atoms with Crippen LogP contribution in [0.2, 0.25) is 0 Å². The van der Waals surface area contributed by atoms with Gasteiger partial charge >= 0.3 is 0 Å². The highest BCUT2D eigenvalue weighted by atomic mass is 16.1. The highest BCUT2D eigenvalue weighted by molar-refractivity contribution is 5.77. The Balaban J connectivity index is 1.40. The van der Waals surface area contributed by atoms with E-state index in [1.165, 1.54) is 0 Å². The van der Waals surface area contributed by atoms with Crippen LogP contribution < -0.4 is 11.1 Å². The molecule has 1 aliphatic rings. The van der Waals surface area contributed by atoms with Gasteiger partial charge in [-0.2, -0.15) is 0 Å². The topological polar surface area (TPSA) is 71.2 Å². The Bertz CT molecular complexity index is 654. The number of rotatable bonds is 6. The summed E-state index contributed by atoms with van der Waals surface area (Å²) >= 11 is 0. The Morgan fingerprint density at radius 2 is 1.88 bits per heavy atom. The monoisotopic (exact) mass is 338 g/mol. The first-order valence-electron chi connectivity index (χ1n) is 8.93. The fraction of sp³-hybridized carbons (Fsp3) is 0.400. The standard InChI is InChI=1S/C20H26N4O/c21-19(16-6-2-1-3-7-16)14-20(25)23-17-9-12-24(13-10-17)15-18-8-4-5-11-22-18/h1-8,11,17,19H,9-10,12-15,21H2,(H,23,25). The number of hydrogen-bond acceptors (Lipinski definition) is 4. The molecule has 1 aromatic heterocycles. The number of nitrogens with one attached hydrogen (secondary N) is 1. The molecule has 1 saturated heterocycles. The fourth-order valence-electron chi connectivity index (χ4n) is 3.26. The zero-order valence-corrected chi connectivity index (χ0v) is 14.5. The van der Waals surface area contributed by atoms with E-state index < -0.39 is 0 Å². The minimum Gasteiger partial charge on any atom is -0.353 e. The van der Waals surface area contributed by atoms with E-state index in [4.69, 9.17) is 5.73 Å². The zero-order chi connectivity index (χ0) is 17.5. The Morgan fingerprint density at radius 3 is 2.56 bits per heavy atom. The second-order valence-electron chi connectivity index (χ2n) is 6.66. The van der Waals surface area contributed by atoms with Crippen LogP contribution in [0.4, 0.5) is 0 Å². The number of likely N-dealkylation sites (tertiary alicyclic amines) is 1. The minimum absolute atomic E-state index is 0.0412. The number of pyridine rings is 1. The normalized spacial score (nSPS) is 17.2. The maximum Gasteiger partial charge on any atom is 0.222 e. The van der Waals surface area contributed by atoms with E-state index in [9.17, 15) is 4.79 Å². The number of carbonyl (C=O) groups excluding carboxylic acids is 1. The molecule has 0 saturated carbocycles. The summed E-state index contributed by atoms with van der Waals surface area (Å²) < 4.78 is 0. The molecule has 2 aromatic rings. The lowest BCUT2D eigenvalue weighted by Crippen LogP contribution is -2.44. The van der Waals surface area contributed by atoms with Crippen molar-refractivity contribution in [3.63, 3.8) is 0 Å². The first-order chi connectivity index (χ1) is 12.2. The summed E-state index contributed by atoms with van der Waals surface area (Å²) in [6.45, 7) is 2.83. The molecule has 1 aliphatic heterocycles. The van der Waals surface area contributed by atoms with Crippen molar-refractivity contribution < 1.29 is 4.79 Å². The summed E-state index contributed by atoms with van der Waals surface area (Å²) in [6.07, 6.45) is 4.11. The molecule has 0 spiro atoms. The van der Waals surface area contributed by atoms with Crippen LogP contribution in [0.1, 0.15) is 36.6 Å². The molecular formula is C20H26N4O. The second kappa shape index (κ2) is 8.74. The highest BCUT2D eigenvalue weighted by Gasteiger charge is 2.21. The molecule has 0 bridgehead atoms. The van der Waals surface area contributed by atoms with E-state index in [0.29, 0.717) is 6.42 Å². The first-order valence-corrected chi connectivity index (χ1v) is 8.93. The Morgan fingerprint density at radius 1 is 1.16 bits per heavy atom. The third kappa shape index (κ3) is 5.37. The number of piperidine rings is 1. The number of carbonyl (C=O) groups is 1. The Labute approximate surface area is 149 Å². The van der Waals surface area contributed by atoms with Crippen LogP contribution in [0.3, 0.4) is 0 Å². The SMILES string of the molecule is NC(CC(=O)NC1CCN(Cc2ccccn2)CC1)c1ccccc1. The Hall–Kier alpha value is -2.24. The van der Waals surface area contributed by atoms with Gasteiger partial charge in [0.1, 0.15) is 0 Å². The molecular weight excluding hydrogens is 312 g/mol. The maximum atomic E-state index is 12.3. The molecule has 1 unspecified atom stereocenters. The van der Waals surface area contributed by atoms with Crippen molar-refractivity contribution in [1.82, 2.24) is 15.2 Å². The predicted molar refractivity (Wildman–Crippen MR) is 98.7 cm³/mol. The van der Waals surface area contributed by atoms with E-state index in [1.54, 1.807) is 0 Å². The Kier molecular flexibility index (Phi) is 6.14. The zero-order valence-electron chi connectivity index (χ0n) is 14.5. The van der Waals surface area contributed by atoms with E-state index in [0.717, 1.165) is 43.7 Å². The van der Waals surface area contributed by atoms with E-state index >= 15 is 0 Å². The highest BCUT2D eigenvalue weighted by Crippen LogP contribution is 2.16. The van der Waals surface area contributed by atoms with Crippen LogP contribution in [-0.2, 0) is 11.3 Å². The minimum atomic E-state index is -0.245. The van der Waals surface area contributed by atoms with E-state index in [1.807, 2.05) is 48.7 Å². The summed E-state index contributed by atoms with van der Waals surface area (Å²) in [7, 11) is 0. The molecule has 3 rings (SSSR count). The smallest absolute Gasteiger partial charge is 0.222 e. The third-order valence-corrected chi connectivity index (χ3v) is 4.70. The predicted octanol–water partition coefficient (Wildman–Crippen LogP) is 2.25. The van der Waals surface area contributed by atoms with Gasteiger partial charge in [-0.1, -0.05) is 36.4 Å². The van der Waals surface area contributed by atoms with Gasteiger partial charge in [-0.05, 0) is 30.5 Å². The van der Waals surface area contributed by atoms with Crippen molar-refractivity contribution in [2.24, 2.45) is 5.73 Å². The van der Waals surface area contributed by atoms with Crippen molar-refractivity contribution >= 4 is 5.91 Å². The number of nitrogens with zero attached hydrogens (tertiary/aromatic N) is 2. The summed E-state index contributed by atoms with van der Waals surface area (Å²) in [5, 5.41) is 3.14. The largest absolute Gasteiger partial charge is 0.353 e. The van der Waals surface area contributed by atoms with Gasteiger partial charge in [0.15, 0.2) is 0 Å². The molecule has 1 amide bonds. The summed E-state index contributed by atoms with van der Waals surface area (Å²) in [5.74, 6) is 0.0412. The molecule has 2 heterocycles. The van der Waals surface area contributed by atoms with Gasteiger partial charge < -0.3 is 11.1 Å². The number of hydrogen-bond donors (Lipinski definition) is 2. The average Bonchev–Trinajstić information content (AvgIpc) is 2.65. The van der Waals surface area contributed by atoms with Crippen molar-refractivity contribution in [3.05, 3.63) is 66.0 Å². The number of aromatic nitrogens is 1. The molecule has 1 fully saturated rings. The number of nitrogens with two attached hydrogens (primary N) is 1. The summed E-state index contributed by atoms with van der Waals surface area (Å²) in [5.41, 5.74) is 8.23. The lowest BCUT2D eigenvalue weighted by molar-refractivity contribution is -0.122. The molecule has 0 aliphatic carbocycles. The van der Waals surface area contributed by atoms with E-state index in [-0.39, 0.29) is 18.0 Å². The van der Waals surface area contributed by atoms with Crippen LogP contribution >= 0.6 is 0 Å². The lowest BCUT2D eigenvalue weighted by atomic mass is 10.0. The molecule has 0 radical (unpaired) electrons. The van der Waals surface area contributed by atoms with Crippen LogP contribution in [0.5, 0.6) is 0 Å². The molecule has 25 heavy (non-hydrogen) atoms. The number of benzene rings is 1. The molecule has 3 N–H and O–H groups in total. The molecule has 5 nitrogen and oxygen atoms in total. The van der Waals surface area contributed by atoms with Gasteiger partial charge in [0, 0.05) is 44.3 Å². The quantitative estimate of drug-likeness (QED) is 0.847. The van der Waals surface area contributed by atoms with Crippen molar-refractivity contribution in [1.29, 1.82) is 0 Å². The van der Waals surface area contributed by atoms with Gasteiger partial charge in [0.05, 0.1) is 5.69 Å². The third-order valence-electron chi connectivity index (χ3n) is 4.70. The van der Waals surface area contributed by atoms with Crippen molar-refractivity contribution in [3.8, 4) is 0 Å². The van der Waals surface area contributed by atoms with Crippen LogP contribution in [0, 0.1) is 0 Å². The van der Waals surface area contributed by atoms with Crippen molar-refractivity contribution in [2.45, 2.75) is 37.9 Å². The molecule has 132 valence electrons. The molecule has 1 aromatic carbocycles. The molecule has 1 atom stereocenters. The summed E-state index contributed by atoms with van der Waals surface area (Å²) in [4.78, 5) is 19.0. The van der Waals surface area contributed by atoms with Crippen LogP contribution in [-0.4, -0.2) is 34.9 Å². The van der Waals surface area contributed by atoms with Crippen molar-refractivity contribution in [2.75, 3.05) is 13.1 Å². The first kappa shape index (κ1) is 17.6. The van der Waals surface area contributed by atoms with Crippen LogP contribution in [0.25, 0.3) is 0 Å². The summed E-state index contributed by atoms with van der Waals surface area (Å²) in [6, 6.07) is 15.8. The molecule has 5 heteroatoms. The lowest BCUT2D eigenvalue weighted by Gasteiger charge is -2.32. The van der Waals surface area contributed by atoms with Gasteiger partial charge in [0.25, 0.3) is 0 Å². The fourth-order valence-corrected chi connectivity index (χ4v) is 3.26. The average molecular weight is 338 g/mol. The van der Waals surface area contributed by atoms with Gasteiger partial charge in [-0.25, -0.2) is 0 Å². The van der Waals surface area contributed by atoms with Gasteiger partial charge in [-0.3, -0.25) is 14.7 Å². The second-order valence-corrected chi connectivity index (χ2v) is 6.66. The maximum absolute atomic E-state index is 12.3. The van der Waals surface area contributed by atoms with E-state index in [2.05, 4.69) is 21.3 Å². The number of amides is 1. The van der Waals surface area contributed by atoms with Gasteiger partial charge in [-0.15, -0.1) is 0 Å². The van der Waals surface area contributed by atoms with Crippen LogP contribution in [0.15, 0.2) is 54.7 Å².